The number of guanidine groups is 1. The van der Waals surface area contributed by atoms with E-state index in [4.69, 9.17) is 4.74 Å². The van der Waals surface area contributed by atoms with Crippen LogP contribution in [-0.2, 0) is 16.0 Å². The molecule has 0 radical (unpaired) electrons. The molecule has 1 aromatic carbocycles. The summed E-state index contributed by atoms with van der Waals surface area (Å²) in [6.45, 7) is 7.54. The third kappa shape index (κ3) is 7.11. The largest absolute Gasteiger partial charge is 0.381 e. The van der Waals surface area contributed by atoms with Gasteiger partial charge in [0.2, 0.25) is 5.91 Å². The Hall–Kier alpha value is -1.35. The van der Waals surface area contributed by atoms with Crippen molar-refractivity contribution in [2.45, 2.75) is 26.7 Å². The van der Waals surface area contributed by atoms with Gasteiger partial charge in [-0.1, -0.05) is 32.0 Å². The fourth-order valence-electron chi connectivity index (χ4n) is 2.77. The smallest absolute Gasteiger partial charge is 0.246 e. The van der Waals surface area contributed by atoms with Gasteiger partial charge < -0.3 is 20.3 Å². The van der Waals surface area contributed by atoms with Gasteiger partial charge in [-0.25, -0.2) is 0 Å². The normalized spacial score (nSPS) is 13.4. The Balaban J connectivity index is 0.00000338. The molecule has 2 rings (SSSR count). The number of benzene rings is 1. The van der Waals surface area contributed by atoms with Crippen LogP contribution in [0.1, 0.15) is 25.8 Å². The van der Waals surface area contributed by atoms with Crippen molar-refractivity contribution in [1.29, 1.82) is 0 Å². The number of aliphatic imine (C=N–C) groups is 1. The second-order valence-electron chi connectivity index (χ2n) is 6.60. The lowest BCUT2D eigenvalue weighted by Gasteiger charge is -2.18. The molecular formula is C19H31IN4O2. The lowest BCUT2D eigenvalue weighted by atomic mass is 10.2. The van der Waals surface area contributed by atoms with E-state index in [1.165, 1.54) is 5.56 Å². The van der Waals surface area contributed by atoms with E-state index in [0.717, 1.165) is 44.8 Å². The van der Waals surface area contributed by atoms with E-state index in [9.17, 15) is 4.79 Å². The van der Waals surface area contributed by atoms with E-state index in [2.05, 4.69) is 35.5 Å². The van der Waals surface area contributed by atoms with E-state index in [-0.39, 0.29) is 36.4 Å². The zero-order valence-electron chi connectivity index (χ0n) is 16.0. The molecule has 6 nitrogen and oxygen atoms in total. The minimum absolute atomic E-state index is 0. The van der Waals surface area contributed by atoms with Crippen LogP contribution < -0.4 is 15.5 Å². The quantitative estimate of drug-likeness (QED) is 0.263. The molecule has 1 aromatic rings. The molecule has 1 aliphatic heterocycles. The molecule has 0 unspecified atom stereocenters. The van der Waals surface area contributed by atoms with Crippen LogP contribution in [0.4, 0.5) is 5.69 Å². The average Bonchev–Trinajstić information content (AvgIpc) is 3.04. The monoisotopic (exact) mass is 474 g/mol. The molecule has 1 amide bonds. The SMILES string of the molecule is CN=C(NCCCOCC(C)C)NCC(=O)N1CCc2ccccc21.I. The molecule has 0 atom stereocenters. The molecule has 0 aromatic heterocycles. The number of anilines is 1. The number of carbonyl (C=O) groups excluding carboxylic acids is 1. The molecule has 7 heteroatoms. The Morgan fingerprint density at radius 2 is 2.08 bits per heavy atom. The highest BCUT2D eigenvalue weighted by atomic mass is 127. The lowest BCUT2D eigenvalue weighted by Crippen LogP contribution is -2.44. The van der Waals surface area contributed by atoms with Gasteiger partial charge in [0.25, 0.3) is 0 Å². The number of carbonyl (C=O) groups is 1. The molecule has 2 N–H and O–H groups in total. The van der Waals surface area contributed by atoms with E-state index in [1.807, 2.05) is 23.1 Å². The van der Waals surface area contributed by atoms with Crippen molar-refractivity contribution in [3.05, 3.63) is 29.8 Å². The highest BCUT2D eigenvalue weighted by molar-refractivity contribution is 14.0. The van der Waals surface area contributed by atoms with Crippen molar-refractivity contribution in [3.63, 3.8) is 0 Å². The van der Waals surface area contributed by atoms with Gasteiger partial charge in [0.05, 0.1) is 6.54 Å². The van der Waals surface area contributed by atoms with Crippen molar-refractivity contribution in [2.24, 2.45) is 10.9 Å². The molecule has 26 heavy (non-hydrogen) atoms. The molecule has 0 saturated heterocycles. The van der Waals surface area contributed by atoms with Crippen LogP contribution in [0.5, 0.6) is 0 Å². The van der Waals surface area contributed by atoms with Gasteiger partial charge in [-0.05, 0) is 30.4 Å². The Labute approximate surface area is 173 Å². The number of hydrogen-bond donors (Lipinski definition) is 2. The van der Waals surface area contributed by atoms with Gasteiger partial charge in [-0.2, -0.15) is 0 Å². The molecule has 0 spiro atoms. The van der Waals surface area contributed by atoms with Crippen molar-refractivity contribution >= 4 is 41.5 Å². The first-order chi connectivity index (χ1) is 12.1. The third-order valence-electron chi connectivity index (χ3n) is 4.03. The van der Waals surface area contributed by atoms with Gasteiger partial charge in [0.15, 0.2) is 5.96 Å². The summed E-state index contributed by atoms with van der Waals surface area (Å²) < 4.78 is 5.55. The summed E-state index contributed by atoms with van der Waals surface area (Å²) in [5, 5.41) is 6.30. The van der Waals surface area contributed by atoms with Crippen LogP contribution in [0.15, 0.2) is 29.3 Å². The van der Waals surface area contributed by atoms with Crippen LogP contribution in [0.25, 0.3) is 0 Å². The van der Waals surface area contributed by atoms with Crippen LogP contribution in [0.2, 0.25) is 0 Å². The second kappa shape index (κ2) is 12.1. The molecule has 0 aliphatic carbocycles. The Kier molecular flexibility index (Phi) is 10.6. The number of para-hydroxylation sites is 1. The maximum atomic E-state index is 12.5. The number of rotatable bonds is 8. The maximum Gasteiger partial charge on any atom is 0.246 e. The van der Waals surface area contributed by atoms with Crippen molar-refractivity contribution in [1.82, 2.24) is 10.6 Å². The van der Waals surface area contributed by atoms with E-state index < -0.39 is 0 Å². The number of hydrogen-bond acceptors (Lipinski definition) is 3. The zero-order valence-corrected chi connectivity index (χ0v) is 18.3. The average molecular weight is 474 g/mol. The highest BCUT2D eigenvalue weighted by Gasteiger charge is 2.23. The number of amides is 1. The first-order valence-electron chi connectivity index (χ1n) is 9.02. The Morgan fingerprint density at radius 3 is 2.81 bits per heavy atom. The van der Waals surface area contributed by atoms with Gasteiger partial charge in [-0.15, -0.1) is 24.0 Å². The maximum absolute atomic E-state index is 12.5. The highest BCUT2D eigenvalue weighted by Crippen LogP contribution is 2.27. The predicted octanol–water partition coefficient (Wildman–Crippen LogP) is 2.42. The fraction of sp³-hybridized carbons (Fsp3) is 0.579. The molecule has 1 heterocycles. The number of ether oxygens (including phenoxy) is 1. The molecular weight excluding hydrogens is 443 g/mol. The van der Waals surface area contributed by atoms with E-state index >= 15 is 0 Å². The summed E-state index contributed by atoms with van der Waals surface area (Å²) in [6.07, 6.45) is 1.83. The van der Waals surface area contributed by atoms with Gasteiger partial charge >= 0.3 is 0 Å². The number of nitrogens with one attached hydrogen (secondary N) is 2. The summed E-state index contributed by atoms with van der Waals surface area (Å²) in [6, 6.07) is 8.07. The zero-order chi connectivity index (χ0) is 18.1. The first-order valence-corrected chi connectivity index (χ1v) is 9.02. The van der Waals surface area contributed by atoms with Crippen molar-refractivity contribution < 1.29 is 9.53 Å². The van der Waals surface area contributed by atoms with Gasteiger partial charge in [0.1, 0.15) is 0 Å². The molecule has 0 fully saturated rings. The summed E-state index contributed by atoms with van der Waals surface area (Å²) in [5.74, 6) is 1.27. The molecule has 0 bridgehead atoms. The predicted molar refractivity (Wildman–Crippen MR) is 118 cm³/mol. The van der Waals surface area contributed by atoms with Gasteiger partial charge in [0, 0.05) is 39.0 Å². The first kappa shape index (κ1) is 22.7. The Bertz CT molecular complexity index is 593. The topological polar surface area (TPSA) is 66.0 Å². The van der Waals surface area contributed by atoms with Crippen LogP contribution in [0, 0.1) is 5.92 Å². The van der Waals surface area contributed by atoms with Gasteiger partial charge in [-0.3, -0.25) is 9.79 Å². The minimum Gasteiger partial charge on any atom is -0.381 e. The summed E-state index contributed by atoms with van der Waals surface area (Å²) in [4.78, 5) is 18.5. The van der Waals surface area contributed by atoms with Crippen LogP contribution >= 0.6 is 24.0 Å². The third-order valence-corrected chi connectivity index (χ3v) is 4.03. The molecule has 0 saturated carbocycles. The number of fused-ring (bicyclic) bond motifs is 1. The lowest BCUT2D eigenvalue weighted by molar-refractivity contribution is -0.117. The standard InChI is InChI=1S/C19H30N4O2.HI/c1-15(2)14-25-12-6-10-21-19(20-3)22-13-18(24)23-11-9-16-7-4-5-8-17(16)23;/h4-5,7-8,15H,6,9-14H2,1-3H3,(H2,20,21,22);1H. The summed E-state index contributed by atoms with van der Waals surface area (Å²) in [7, 11) is 1.71. The number of halogens is 1. The van der Waals surface area contributed by atoms with E-state index in [0.29, 0.717) is 11.9 Å². The summed E-state index contributed by atoms with van der Waals surface area (Å²) >= 11 is 0. The second-order valence-corrected chi connectivity index (χ2v) is 6.60. The minimum atomic E-state index is 0. The fourth-order valence-corrected chi connectivity index (χ4v) is 2.77. The van der Waals surface area contributed by atoms with Crippen LogP contribution in [-0.4, -0.2) is 51.8 Å². The van der Waals surface area contributed by atoms with Crippen molar-refractivity contribution in [3.8, 4) is 0 Å². The summed E-state index contributed by atoms with van der Waals surface area (Å²) in [5.41, 5.74) is 2.26. The molecule has 1 aliphatic rings. The van der Waals surface area contributed by atoms with E-state index in [1.54, 1.807) is 7.05 Å². The number of nitrogens with zero attached hydrogens (tertiary/aromatic N) is 2. The van der Waals surface area contributed by atoms with Crippen molar-refractivity contribution in [2.75, 3.05) is 44.8 Å². The molecule has 146 valence electrons. The van der Waals surface area contributed by atoms with Crippen LogP contribution in [0.3, 0.4) is 0 Å². The Morgan fingerprint density at radius 1 is 1.31 bits per heavy atom.